The van der Waals surface area contributed by atoms with Crippen molar-refractivity contribution in [1.29, 1.82) is 0 Å². The second kappa shape index (κ2) is 11.1. The number of aliphatic carboxylic acids is 1. The van der Waals surface area contributed by atoms with Gasteiger partial charge in [-0.3, -0.25) is 0 Å². The smallest absolute Gasteiger partial charge is 0.490 e. The van der Waals surface area contributed by atoms with E-state index in [9.17, 15) is 13.2 Å². The van der Waals surface area contributed by atoms with Crippen LogP contribution in [0.1, 0.15) is 11.1 Å². The number of halogens is 3. The first kappa shape index (κ1) is 26.8. The predicted octanol–water partition coefficient (Wildman–Crippen LogP) is 8.90. The average Bonchev–Trinajstić information content (AvgIpc) is 3.35. The first-order chi connectivity index (χ1) is 19.3. The molecule has 3 nitrogen and oxygen atoms in total. The van der Waals surface area contributed by atoms with Gasteiger partial charge in [0.15, 0.2) is 0 Å². The number of alkyl halides is 3. The Morgan fingerprint density at radius 1 is 0.675 bits per heavy atom. The molecule has 0 unspecified atom stereocenters. The van der Waals surface area contributed by atoms with E-state index in [1.54, 1.807) is 7.11 Å². The van der Waals surface area contributed by atoms with Crippen molar-refractivity contribution in [2.45, 2.75) is 12.6 Å². The largest absolute Gasteiger partial charge is 0.497 e. The molecule has 5 aromatic carbocycles. The van der Waals surface area contributed by atoms with E-state index in [2.05, 4.69) is 103 Å². The van der Waals surface area contributed by atoms with Gasteiger partial charge in [0.2, 0.25) is 0 Å². The summed E-state index contributed by atoms with van der Waals surface area (Å²) in [6.07, 6.45) is -4.13. The van der Waals surface area contributed by atoms with E-state index < -0.39 is 12.1 Å². The molecule has 1 N–H and O–H groups in total. The van der Waals surface area contributed by atoms with Crippen LogP contribution in [0.15, 0.2) is 115 Å². The van der Waals surface area contributed by atoms with Gasteiger partial charge in [0.25, 0.3) is 0 Å². The highest BCUT2D eigenvalue weighted by Crippen LogP contribution is 2.50. The normalized spacial score (nSPS) is 11.6. The number of hydrogen-bond acceptors (Lipinski definition) is 2. The average molecular weight is 539 g/mol. The van der Waals surface area contributed by atoms with Crippen molar-refractivity contribution in [2.75, 3.05) is 7.11 Å². The minimum Gasteiger partial charge on any atom is -0.497 e. The number of methoxy groups -OCH3 is 1. The molecular formula is C34H25F3O3. The number of carboxylic acid groups (broad SMARTS) is 1. The molecule has 0 spiro atoms. The number of carboxylic acids is 1. The van der Waals surface area contributed by atoms with Crippen molar-refractivity contribution >= 4 is 5.97 Å². The highest BCUT2D eigenvalue weighted by atomic mass is 19.4. The maximum Gasteiger partial charge on any atom is 0.490 e. The topological polar surface area (TPSA) is 46.5 Å². The van der Waals surface area contributed by atoms with Gasteiger partial charge in [0.1, 0.15) is 5.75 Å². The Labute approximate surface area is 230 Å². The van der Waals surface area contributed by atoms with Gasteiger partial charge in [-0.2, -0.15) is 13.2 Å². The standard InChI is InChI=1S/C32H24O.C2HF3O2/c1-33-26-18-16-22(17-19-26)28-21-29-27-15-9-8-14-25(27)20-30(29)32(24-12-6-3-7-13-24)31(28)23-10-4-2-5-11-23;3-2(4,5)1(6)7/h2-19,21H,20H2,1H3;(H,6,7). The maximum atomic E-state index is 10.6. The van der Waals surface area contributed by atoms with Gasteiger partial charge in [-0.05, 0) is 80.3 Å². The molecule has 200 valence electrons. The predicted molar refractivity (Wildman–Crippen MR) is 151 cm³/mol. The second-order valence-electron chi connectivity index (χ2n) is 9.30. The number of rotatable bonds is 4. The molecule has 0 aromatic heterocycles. The Bertz CT molecular complexity index is 1640. The maximum absolute atomic E-state index is 10.6. The molecule has 0 fully saturated rings. The molecule has 1 aliphatic carbocycles. The number of fused-ring (bicyclic) bond motifs is 3. The van der Waals surface area contributed by atoms with Crippen molar-refractivity contribution in [3.05, 3.63) is 126 Å². The minimum absolute atomic E-state index is 0.870. The zero-order valence-corrected chi connectivity index (χ0v) is 21.6. The summed E-state index contributed by atoms with van der Waals surface area (Å²) in [5.41, 5.74) is 13.1. The van der Waals surface area contributed by atoms with Crippen molar-refractivity contribution < 1.29 is 27.8 Å². The zero-order valence-electron chi connectivity index (χ0n) is 21.6. The van der Waals surface area contributed by atoms with E-state index in [0.29, 0.717) is 0 Å². The van der Waals surface area contributed by atoms with Crippen LogP contribution in [-0.4, -0.2) is 24.4 Å². The Morgan fingerprint density at radius 3 is 1.75 bits per heavy atom. The van der Waals surface area contributed by atoms with E-state index in [1.165, 1.54) is 55.6 Å². The second-order valence-corrected chi connectivity index (χ2v) is 9.30. The summed E-state index contributed by atoms with van der Waals surface area (Å²) in [7, 11) is 1.71. The van der Waals surface area contributed by atoms with Crippen molar-refractivity contribution in [3.8, 4) is 50.3 Å². The summed E-state index contributed by atoms with van der Waals surface area (Å²) in [6, 6.07) is 41.3. The van der Waals surface area contributed by atoms with Crippen LogP contribution in [0.5, 0.6) is 5.75 Å². The Kier molecular flexibility index (Phi) is 7.43. The van der Waals surface area contributed by atoms with Gasteiger partial charge in [-0.1, -0.05) is 97.1 Å². The van der Waals surface area contributed by atoms with Crippen LogP contribution < -0.4 is 4.74 Å². The molecular weight excluding hydrogens is 513 g/mol. The van der Waals surface area contributed by atoms with Gasteiger partial charge in [0, 0.05) is 0 Å². The van der Waals surface area contributed by atoms with Crippen molar-refractivity contribution in [3.63, 3.8) is 0 Å². The monoisotopic (exact) mass is 538 g/mol. The molecule has 40 heavy (non-hydrogen) atoms. The summed E-state index contributed by atoms with van der Waals surface area (Å²) >= 11 is 0. The first-order valence-corrected chi connectivity index (χ1v) is 12.6. The van der Waals surface area contributed by atoms with Crippen LogP contribution in [0.3, 0.4) is 0 Å². The van der Waals surface area contributed by atoms with Crippen molar-refractivity contribution in [2.24, 2.45) is 0 Å². The van der Waals surface area contributed by atoms with Crippen molar-refractivity contribution in [1.82, 2.24) is 0 Å². The molecule has 0 saturated carbocycles. The van der Waals surface area contributed by atoms with Gasteiger partial charge in [-0.15, -0.1) is 0 Å². The summed E-state index contributed by atoms with van der Waals surface area (Å²) in [5, 5.41) is 7.12. The molecule has 0 atom stereocenters. The summed E-state index contributed by atoms with van der Waals surface area (Å²) in [5.74, 6) is -1.89. The number of benzene rings is 5. The van der Waals surface area contributed by atoms with E-state index in [-0.39, 0.29) is 0 Å². The summed E-state index contributed by atoms with van der Waals surface area (Å²) in [4.78, 5) is 8.90. The third-order valence-electron chi connectivity index (χ3n) is 6.88. The van der Waals surface area contributed by atoms with Crippen LogP contribution in [0.25, 0.3) is 44.5 Å². The quantitative estimate of drug-likeness (QED) is 0.244. The van der Waals surface area contributed by atoms with Gasteiger partial charge < -0.3 is 9.84 Å². The fourth-order valence-corrected chi connectivity index (χ4v) is 5.10. The third kappa shape index (κ3) is 5.34. The van der Waals surface area contributed by atoms with Crippen LogP contribution in [0.4, 0.5) is 13.2 Å². The van der Waals surface area contributed by atoms with E-state index in [4.69, 9.17) is 14.6 Å². The minimum atomic E-state index is -5.08. The number of ether oxygens (including phenoxy) is 1. The Hall–Kier alpha value is -4.84. The van der Waals surface area contributed by atoms with Crippen LogP contribution in [-0.2, 0) is 11.2 Å². The molecule has 0 amide bonds. The number of carbonyl (C=O) groups is 1. The van der Waals surface area contributed by atoms with E-state index >= 15 is 0 Å². The lowest BCUT2D eigenvalue weighted by Gasteiger charge is -2.21. The molecule has 6 heteroatoms. The van der Waals surface area contributed by atoms with Gasteiger partial charge in [-0.25, -0.2) is 4.79 Å². The lowest BCUT2D eigenvalue weighted by Crippen LogP contribution is -2.21. The summed E-state index contributed by atoms with van der Waals surface area (Å²) < 4.78 is 37.2. The van der Waals surface area contributed by atoms with Crippen LogP contribution >= 0.6 is 0 Å². The van der Waals surface area contributed by atoms with Gasteiger partial charge >= 0.3 is 12.1 Å². The Balaban J connectivity index is 0.000000411. The summed E-state index contributed by atoms with van der Waals surface area (Å²) in [6.45, 7) is 0. The molecule has 6 rings (SSSR count). The lowest BCUT2D eigenvalue weighted by molar-refractivity contribution is -0.192. The molecule has 5 aromatic rings. The SMILES string of the molecule is COc1ccc(-c2cc3c(c(-c4ccccc4)c2-c2ccccc2)Cc2ccccc2-3)cc1.O=C(O)C(F)(F)F. The highest BCUT2D eigenvalue weighted by molar-refractivity contribution is 6.01. The molecule has 0 radical (unpaired) electrons. The van der Waals surface area contributed by atoms with E-state index in [1.807, 2.05) is 12.1 Å². The Morgan fingerprint density at radius 2 is 1.20 bits per heavy atom. The van der Waals surface area contributed by atoms with E-state index in [0.717, 1.165) is 12.2 Å². The van der Waals surface area contributed by atoms with Crippen LogP contribution in [0.2, 0.25) is 0 Å². The molecule has 0 saturated heterocycles. The third-order valence-corrected chi connectivity index (χ3v) is 6.88. The fraction of sp³-hybridized carbons (Fsp3) is 0.0882. The molecule has 0 heterocycles. The highest BCUT2D eigenvalue weighted by Gasteiger charge is 2.38. The molecule has 0 bridgehead atoms. The van der Waals surface area contributed by atoms with Crippen LogP contribution in [0, 0.1) is 0 Å². The molecule has 1 aliphatic rings. The molecule has 0 aliphatic heterocycles. The fourth-order valence-electron chi connectivity index (χ4n) is 5.10. The lowest BCUT2D eigenvalue weighted by atomic mass is 9.82. The van der Waals surface area contributed by atoms with Gasteiger partial charge in [0.05, 0.1) is 7.11 Å². The zero-order chi connectivity index (χ0) is 28.3. The first-order valence-electron chi connectivity index (χ1n) is 12.6. The number of hydrogen-bond donors (Lipinski definition) is 1.